The molecule has 12 heteroatoms. The summed E-state index contributed by atoms with van der Waals surface area (Å²) in [5.74, 6) is 0.339. The number of nitrogens with one attached hydrogen (secondary N) is 1. The molecule has 0 aromatic heterocycles. The number of amides is 1. The molecule has 0 aliphatic heterocycles. The number of ketones is 1. The predicted octanol–water partition coefficient (Wildman–Crippen LogP) is 5.79. The Morgan fingerprint density at radius 1 is 0.974 bits per heavy atom. The number of carbonyl (C=O) groups excluding carboxylic acids is 2. The summed E-state index contributed by atoms with van der Waals surface area (Å²) in [5.41, 5.74) is 1.47. The van der Waals surface area contributed by atoms with Crippen LogP contribution in [0.2, 0.25) is 10.0 Å². The molecule has 0 unspecified atom stereocenters. The highest BCUT2D eigenvalue weighted by Gasteiger charge is 2.36. The smallest absolute Gasteiger partial charge is 0.424 e. The van der Waals surface area contributed by atoms with Gasteiger partial charge in [-0.25, -0.2) is 13.2 Å². The third kappa shape index (κ3) is 9.25. The maximum Gasteiger partial charge on any atom is 0.424 e. The van der Waals surface area contributed by atoms with Crippen molar-refractivity contribution >= 4 is 56.7 Å². The number of hydrogen-bond acceptors (Lipinski definition) is 7. The van der Waals surface area contributed by atoms with Crippen molar-refractivity contribution in [2.24, 2.45) is 0 Å². The van der Waals surface area contributed by atoms with Crippen molar-refractivity contribution < 1.29 is 27.5 Å². The largest absolute Gasteiger partial charge is 0.489 e. The molecule has 8 nitrogen and oxygen atoms in total. The molecule has 2 aromatic carbocycles. The highest BCUT2D eigenvalue weighted by atomic mass is 35.5. The van der Waals surface area contributed by atoms with Crippen LogP contribution in [0.1, 0.15) is 51.3 Å². The first-order valence-electron chi connectivity index (χ1n) is 12.2. The number of benzene rings is 2. The Labute approximate surface area is 245 Å². The molecule has 2 rings (SSSR count). The fraction of sp³-hybridized carbons (Fsp3) is 0.481. The van der Waals surface area contributed by atoms with Gasteiger partial charge in [-0.3, -0.25) is 4.79 Å². The van der Waals surface area contributed by atoms with Crippen LogP contribution in [0.4, 0.5) is 4.79 Å². The minimum absolute atomic E-state index is 0.0515. The first kappa shape index (κ1) is 33.2. The summed E-state index contributed by atoms with van der Waals surface area (Å²) in [6, 6.07) is 11.6. The van der Waals surface area contributed by atoms with Crippen LogP contribution in [-0.2, 0) is 31.5 Å². The Bertz CT molecular complexity index is 1250. The summed E-state index contributed by atoms with van der Waals surface area (Å²) in [4.78, 5) is 24.5. The molecule has 1 N–H and O–H groups in total. The van der Waals surface area contributed by atoms with Crippen LogP contribution in [0.15, 0.2) is 36.4 Å². The average Bonchev–Trinajstić information content (AvgIpc) is 2.80. The Hall–Kier alpha value is -2.04. The SMILES string of the molecule is CC(C)(c1ccc(CNCC(=O)COC(=O)N(C(C)(C)C)S(C)(=O)=O)cc1)c1cc(Cl)c(OCCCl)c(Cl)c1. The van der Waals surface area contributed by atoms with E-state index < -0.39 is 39.5 Å². The third-order valence-corrected chi connectivity index (χ3v) is 7.91. The van der Waals surface area contributed by atoms with Crippen LogP contribution in [0.25, 0.3) is 0 Å². The van der Waals surface area contributed by atoms with Crippen LogP contribution in [-0.4, -0.2) is 62.0 Å². The molecule has 0 heterocycles. The van der Waals surface area contributed by atoms with E-state index in [0.29, 0.717) is 39.1 Å². The Balaban J connectivity index is 1.95. The van der Waals surface area contributed by atoms with E-state index in [1.54, 1.807) is 20.8 Å². The van der Waals surface area contributed by atoms with Gasteiger partial charge < -0.3 is 14.8 Å². The topological polar surface area (TPSA) is 102 Å². The number of sulfonamides is 1. The van der Waals surface area contributed by atoms with Gasteiger partial charge in [0.15, 0.2) is 18.1 Å². The minimum atomic E-state index is -3.86. The zero-order valence-electron chi connectivity index (χ0n) is 22.9. The molecule has 39 heavy (non-hydrogen) atoms. The van der Waals surface area contributed by atoms with E-state index in [1.165, 1.54) is 0 Å². The van der Waals surface area contributed by atoms with Gasteiger partial charge in [0.1, 0.15) is 6.61 Å². The van der Waals surface area contributed by atoms with Crippen molar-refractivity contribution in [2.45, 2.75) is 52.1 Å². The third-order valence-electron chi connectivity index (χ3n) is 5.83. The van der Waals surface area contributed by atoms with E-state index in [-0.39, 0.29) is 6.54 Å². The molecule has 0 atom stereocenters. The monoisotopic (exact) mass is 620 g/mol. The molecule has 2 aromatic rings. The molecule has 216 valence electrons. The lowest BCUT2D eigenvalue weighted by atomic mass is 9.78. The maximum absolute atomic E-state index is 12.3. The number of Topliss-reactive ketones (excluding diaryl/α,β-unsaturated/α-hetero) is 1. The zero-order valence-corrected chi connectivity index (χ0v) is 26.0. The quantitative estimate of drug-likeness (QED) is 0.299. The second-order valence-electron chi connectivity index (χ2n) is 10.5. The van der Waals surface area contributed by atoms with Gasteiger partial charge in [-0.15, -0.1) is 11.6 Å². The van der Waals surface area contributed by atoms with Gasteiger partial charge in [-0.05, 0) is 49.6 Å². The Morgan fingerprint density at radius 2 is 1.54 bits per heavy atom. The van der Waals surface area contributed by atoms with Gasteiger partial charge >= 0.3 is 6.09 Å². The van der Waals surface area contributed by atoms with Gasteiger partial charge in [0, 0.05) is 12.0 Å². The van der Waals surface area contributed by atoms with Crippen LogP contribution in [0, 0.1) is 0 Å². The molecule has 0 radical (unpaired) electrons. The molecule has 0 fully saturated rings. The summed E-state index contributed by atoms with van der Waals surface area (Å²) >= 11 is 18.5. The molecular formula is C27H35Cl3N2O6S. The first-order chi connectivity index (χ1) is 18.0. The van der Waals surface area contributed by atoms with Gasteiger partial charge in [0.25, 0.3) is 0 Å². The number of hydrogen-bond donors (Lipinski definition) is 1. The van der Waals surface area contributed by atoms with E-state index in [2.05, 4.69) is 19.2 Å². The normalized spacial score (nSPS) is 12.2. The summed E-state index contributed by atoms with van der Waals surface area (Å²) in [7, 11) is -3.86. The molecule has 0 saturated carbocycles. The van der Waals surface area contributed by atoms with E-state index in [9.17, 15) is 18.0 Å². The van der Waals surface area contributed by atoms with Gasteiger partial charge in [-0.2, -0.15) is 4.31 Å². The number of halogens is 3. The van der Waals surface area contributed by atoms with Gasteiger partial charge in [0.2, 0.25) is 10.0 Å². The molecular weight excluding hydrogens is 587 g/mol. The number of ether oxygens (including phenoxy) is 2. The lowest BCUT2D eigenvalue weighted by molar-refractivity contribution is -0.121. The molecule has 0 aliphatic rings. The number of alkyl halides is 1. The van der Waals surface area contributed by atoms with Crippen molar-refractivity contribution in [3.63, 3.8) is 0 Å². The minimum Gasteiger partial charge on any atom is -0.489 e. The summed E-state index contributed by atoms with van der Waals surface area (Å²) in [6.45, 7) is 8.92. The second-order valence-corrected chi connectivity index (χ2v) is 13.5. The van der Waals surface area contributed by atoms with E-state index in [4.69, 9.17) is 44.3 Å². The average molecular weight is 622 g/mol. The first-order valence-corrected chi connectivity index (χ1v) is 15.3. The van der Waals surface area contributed by atoms with Crippen molar-refractivity contribution in [1.29, 1.82) is 0 Å². The molecule has 0 aliphatic carbocycles. The summed E-state index contributed by atoms with van der Waals surface area (Å²) < 4.78 is 35.0. The second kappa shape index (κ2) is 13.5. The number of nitrogens with zero attached hydrogens (tertiary/aromatic N) is 1. The fourth-order valence-corrected chi connectivity index (χ4v) is 5.90. The lowest BCUT2D eigenvalue weighted by Crippen LogP contribution is -2.49. The van der Waals surface area contributed by atoms with Gasteiger partial charge in [0.05, 0.1) is 34.3 Å². The van der Waals surface area contributed by atoms with Crippen LogP contribution >= 0.6 is 34.8 Å². The highest BCUT2D eigenvalue weighted by Crippen LogP contribution is 2.40. The molecule has 0 bridgehead atoms. The number of carbonyl (C=O) groups is 2. The molecule has 1 amide bonds. The summed E-state index contributed by atoms with van der Waals surface area (Å²) in [6.07, 6.45) is -0.175. The number of rotatable bonds is 12. The lowest BCUT2D eigenvalue weighted by Gasteiger charge is -2.32. The maximum atomic E-state index is 12.3. The van der Waals surface area contributed by atoms with Crippen LogP contribution in [0.5, 0.6) is 5.75 Å². The van der Waals surface area contributed by atoms with E-state index in [0.717, 1.165) is 22.9 Å². The molecule has 0 spiro atoms. The Kier molecular flexibility index (Phi) is 11.5. The predicted molar refractivity (Wildman–Crippen MR) is 156 cm³/mol. The standard InChI is InChI=1S/C27H35Cl3N2O6S/c1-26(2,3)32(39(6,35)36)25(34)38-17-21(33)16-31-15-18-7-9-19(10-8-18)27(4,5)20-13-22(29)24(23(30)14-20)37-12-11-28/h7-10,13-14,31H,11-12,15-17H2,1-6H3. The van der Waals surface area contributed by atoms with E-state index in [1.807, 2.05) is 36.4 Å². The molecule has 0 saturated heterocycles. The highest BCUT2D eigenvalue weighted by molar-refractivity contribution is 7.88. The fourth-order valence-electron chi connectivity index (χ4n) is 3.91. The van der Waals surface area contributed by atoms with Crippen molar-refractivity contribution in [1.82, 2.24) is 9.62 Å². The van der Waals surface area contributed by atoms with Gasteiger partial charge in [-0.1, -0.05) is 61.3 Å². The Morgan fingerprint density at radius 3 is 2.03 bits per heavy atom. The van der Waals surface area contributed by atoms with Crippen LogP contribution < -0.4 is 10.1 Å². The van der Waals surface area contributed by atoms with Crippen LogP contribution in [0.3, 0.4) is 0 Å². The van der Waals surface area contributed by atoms with E-state index >= 15 is 0 Å². The summed E-state index contributed by atoms with van der Waals surface area (Å²) in [5, 5.41) is 3.83. The zero-order chi connectivity index (χ0) is 29.6. The van der Waals surface area contributed by atoms with Crippen molar-refractivity contribution in [2.75, 3.05) is 31.9 Å². The van der Waals surface area contributed by atoms with Crippen molar-refractivity contribution in [3.05, 3.63) is 63.1 Å². The van der Waals surface area contributed by atoms with Crippen molar-refractivity contribution in [3.8, 4) is 5.75 Å².